The average Bonchev–Trinajstić information content (AvgIpc) is 2.39. The normalized spacial score (nSPS) is 10.9. The van der Waals surface area contributed by atoms with Crippen molar-refractivity contribution in [3.05, 3.63) is 59.9 Å². The highest BCUT2D eigenvalue weighted by Gasteiger charge is 1.92. The van der Waals surface area contributed by atoms with Crippen LogP contribution < -0.4 is 0 Å². The molecule has 2 aromatic rings. The molecule has 0 aliphatic rings. The van der Waals surface area contributed by atoms with E-state index in [4.69, 9.17) is 0 Å². The molecule has 0 unspecified atom stereocenters. The fraction of sp³-hybridized carbons (Fsp3) is 0.0714. The molecule has 0 saturated carbocycles. The van der Waals surface area contributed by atoms with Crippen LogP contribution in [0.1, 0.15) is 5.56 Å². The van der Waals surface area contributed by atoms with Crippen LogP contribution >= 0.6 is 11.8 Å². The maximum atomic E-state index is 12.7. The maximum Gasteiger partial charge on any atom is 0.123 e. The summed E-state index contributed by atoms with van der Waals surface area (Å²) in [5.41, 5.74) is 1.78. The van der Waals surface area contributed by atoms with Crippen molar-refractivity contribution in [2.75, 3.05) is 6.26 Å². The van der Waals surface area contributed by atoms with Gasteiger partial charge in [-0.15, -0.1) is 11.8 Å². The van der Waals surface area contributed by atoms with Crippen molar-refractivity contribution in [2.45, 2.75) is 4.90 Å². The van der Waals surface area contributed by atoms with Crippen molar-refractivity contribution in [3.63, 3.8) is 0 Å². The topological polar surface area (TPSA) is 12.4 Å². The summed E-state index contributed by atoms with van der Waals surface area (Å²) in [5, 5.41) is 0. The van der Waals surface area contributed by atoms with Crippen LogP contribution in [0.5, 0.6) is 0 Å². The van der Waals surface area contributed by atoms with Crippen molar-refractivity contribution in [1.29, 1.82) is 0 Å². The van der Waals surface area contributed by atoms with E-state index in [9.17, 15) is 4.39 Å². The predicted molar refractivity (Wildman–Crippen MR) is 71.9 cm³/mol. The van der Waals surface area contributed by atoms with E-state index < -0.39 is 0 Å². The van der Waals surface area contributed by atoms with E-state index in [-0.39, 0.29) is 5.82 Å². The zero-order chi connectivity index (χ0) is 12.1. The molecule has 0 amide bonds. The molecule has 0 aliphatic carbocycles. The molecular weight excluding hydrogens is 233 g/mol. The van der Waals surface area contributed by atoms with E-state index >= 15 is 0 Å². The van der Waals surface area contributed by atoms with Crippen molar-refractivity contribution in [3.8, 4) is 0 Å². The van der Waals surface area contributed by atoms with E-state index in [2.05, 4.69) is 17.1 Å². The Balaban J connectivity index is 2.11. The molecular formula is C14H12FNS. The minimum absolute atomic E-state index is 0.242. The monoisotopic (exact) mass is 245 g/mol. The third kappa shape index (κ3) is 3.43. The van der Waals surface area contributed by atoms with Gasteiger partial charge in [-0.2, -0.15) is 0 Å². The van der Waals surface area contributed by atoms with Gasteiger partial charge in [-0.3, -0.25) is 4.99 Å². The molecule has 0 aliphatic heterocycles. The van der Waals surface area contributed by atoms with Gasteiger partial charge >= 0.3 is 0 Å². The van der Waals surface area contributed by atoms with E-state index in [1.807, 2.05) is 18.4 Å². The van der Waals surface area contributed by atoms with E-state index in [1.54, 1.807) is 30.1 Å². The van der Waals surface area contributed by atoms with Gasteiger partial charge in [0.15, 0.2) is 0 Å². The first-order valence-electron chi connectivity index (χ1n) is 5.21. The predicted octanol–water partition coefficient (Wildman–Crippen LogP) is 4.30. The van der Waals surface area contributed by atoms with Crippen molar-refractivity contribution >= 4 is 23.7 Å². The van der Waals surface area contributed by atoms with Crippen LogP contribution in [0.15, 0.2) is 58.4 Å². The quantitative estimate of drug-likeness (QED) is 0.580. The van der Waals surface area contributed by atoms with Crippen LogP contribution in [0, 0.1) is 5.82 Å². The number of rotatable bonds is 3. The molecule has 3 heteroatoms. The number of hydrogen-bond acceptors (Lipinski definition) is 2. The van der Waals surface area contributed by atoms with Crippen LogP contribution in [0.2, 0.25) is 0 Å². The maximum absolute atomic E-state index is 12.7. The number of thioether (sulfide) groups is 1. The van der Waals surface area contributed by atoms with Crippen molar-refractivity contribution in [1.82, 2.24) is 0 Å². The summed E-state index contributed by atoms with van der Waals surface area (Å²) in [7, 11) is 0. The molecule has 1 nitrogen and oxygen atoms in total. The lowest BCUT2D eigenvalue weighted by atomic mass is 10.2. The van der Waals surface area contributed by atoms with Gasteiger partial charge in [0.1, 0.15) is 5.82 Å². The summed E-state index contributed by atoms with van der Waals surface area (Å²) in [6, 6.07) is 14.3. The van der Waals surface area contributed by atoms with Gasteiger partial charge in [-0.25, -0.2) is 4.39 Å². The smallest absolute Gasteiger partial charge is 0.123 e. The first-order chi connectivity index (χ1) is 8.28. The molecule has 2 aromatic carbocycles. The Morgan fingerprint density at radius 3 is 2.24 bits per heavy atom. The van der Waals surface area contributed by atoms with Gasteiger partial charge in [0.25, 0.3) is 0 Å². The molecule has 0 saturated heterocycles. The largest absolute Gasteiger partial charge is 0.256 e. The second-order valence-electron chi connectivity index (χ2n) is 3.51. The molecule has 0 bridgehead atoms. The zero-order valence-corrected chi connectivity index (χ0v) is 10.2. The number of benzene rings is 2. The Hall–Kier alpha value is -1.61. The second-order valence-corrected chi connectivity index (χ2v) is 4.39. The first-order valence-corrected chi connectivity index (χ1v) is 6.44. The number of hydrogen-bond donors (Lipinski definition) is 0. The van der Waals surface area contributed by atoms with Crippen LogP contribution in [0.25, 0.3) is 0 Å². The molecule has 0 spiro atoms. The lowest BCUT2D eigenvalue weighted by Gasteiger charge is -1.97. The summed E-state index contributed by atoms with van der Waals surface area (Å²) in [5.74, 6) is -0.242. The summed E-state index contributed by atoms with van der Waals surface area (Å²) < 4.78 is 12.7. The number of halogens is 1. The van der Waals surface area contributed by atoms with Crippen LogP contribution in [-0.4, -0.2) is 12.5 Å². The fourth-order valence-electron chi connectivity index (χ4n) is 1.37. The second kappa shape index (κ2) is 5.64. The minimum Gasteiger partial charge on any atom is -0.256 e. The summed E-state index contributed by atoms with van der Waals surface area (Å²) in [4.78, 5) is 5.50. The lowest BCUT2D eigenvalue weighted by molar-refractivity contribution is 0.628. The zero-order valence-electron chi connectivity index (χ0n) is 9.43. The molecule has 2 rings (SSSR count). The minimum atomic E-state index is -0.242. The molecule has 0 heterocycles. The van der Waals surface area contributed by atoms with Gasteiger partial charge in [0.05, 0.1) is 5.69 Å². The van der Waals surface area contributed by atoms with Gasteiger partial charge < -0.3 is 0 Å². The summed E-state index contributed by atoms with van der Waals surface area (Å²) >= 11 is 1.71. The van der Waals surface area contributed by atoms with E-state index in [0.717, 1.165) is 11.3 Å². The highest BCUT2D eigenvalue weighted by molar-refractivity contribution is 7.98. The first kappa shape index (κ1) is 11.9. The van der Waals surface area contributed by atoms with Gasteiger partial charge in [0.2, 0.25) is 0 Å². The van der Waals surface area contributed by atoms with Crippen LogP contribution in [0.3, 0.4) is 0 Å². The summed E-state index contributed by atoms with van der Waals surface area (Å²) in [6.45, 7) is 0. The Kier molecular flexibility index (Phi) is 3.94. The highest BCUT2D eigenvalue weighted by atomic mass is 32.2. The molecule has 0 atom stereocenters. The van der Waals surface area contributed by atoms with Crippen LogP contribution in [-0.2, 0) is 0 Å². The molecule has 0 fully saturated rings. The number of aliphatic imine (C=N–C) groups is 1. The van der Waals surface area contributed by atoms with Crippen molar-refractivity contribution in [2.24, 2.45) is 4.99 Å². The van der Waals surface area contributed by atoms with Gasteiger partial charge in [-0.1, -0.05) is 12.1 Å². The van der Waals surface area contributed by atoms with E-state index in [0.29, 0.717) is 0 Å². The SMILES string of the molecule is CSc1ccc(C=Nc2ccc(F)cc2)cc1. The Morgan fingerprint density at radius 1 is 1.00 bits per heavy atom. The molecule has 0 aromatic heterocycles. The Morgan fingerprint density at radius 2 is 1.65 bits per heavy atom. The molecule has 17 heavy (non-hydrogen) atoms. The fourth-order valence-corrected chi connectivity index (χ4v) is 1.77. The molecule has 86 valence electrons. The van der Waals surface area contributed by atoms with Crippen molar-refractivity contribution < 1.29 is 4.39 Å². The van der Waals surface area contributed by atoms with E-state index in [1.165, 1.54) is 17.0 Å². The highest BCUT2D eigenvalue weighted by Crippen LogP contribution is 2.15. The third-order valence-electron chi connectivity index (χ3n) is 2.31. The van der Waals surface area contributed by atoms with Crippen LogP contribution in [0.4, 0.5) is 10.1 Å². The number of nitrogens with zero attached hydrogens (tertiary/aromatic N) is 1. The third-order valence-corrected chi connectivity index (χ3v) is 3.05. The molecule has 0 radical (unpaired) electrons. The Bertz CT molecular complexity index is 503. The standard InChI is InChI=1S/C14H12FNS/c1-17-14-8-2-11(3-9-14)10-16-13-6-4-12(15)5-7-13/h2-10H,1H3. The Labute approximate surface area is 104 Å². The lowest BCUT2D eigenvalue weighted by Crippen LogP contribution is -1.80. The summed E-state index contributed by atoms with van der Waals surface area (Å²) in [6.07, 6.45) is 3.82. The van der Waals surface area contributed by atoms with Gasteiger partial charge in [-0.05, 0) is 48.2 Å². The molecule has 0 N–H and O–H groups in total. The van der Waals surface area contributed by atoms with Gasteiger partial charge in [0, 0.05) is 11.1 Å². The average molecular weight is 245 g/mol.